The summed E-state index contributed by atoms with van der Waals surface area (Å²) in [7, 11) is 1.65. The minimum absolute atomic E-state index is 0.0377. The summed E-state index contributed by atoms with van der Waals surface area (Å²) in [5.41, 5.74) is 8.37. The molecule has 2 aromatic heterocycles. The van der Waals surface area contributed by atoms with Gasteiger partial charge in [0.15, 0.2) is 5.69 Å². The third-order valence-electron chi connectivity index (χ3n) is 3.25. The summed E-state index contributed by atoms with van der Waals surface area (Å²) in [5.74, 6) is -0.534. The van der Waals surface area contributed by atoms with Gasteiger partial charge in [0.05, 0.1) is 27.8 Å². The first kappa shape index (κ1) is 15.4. The molecule has 0 bridgehead atoms. The van der Waals surface area contributed by atoms with Crippen molar-refractivity contribution in [3.63, 3.8) is 0 Å². The van der Waals surface area contributed by atoms with Gasteiger partial charge >= 0.3 is 5.97 Å². The van der Waals surface area contributed by atoms with Crippen LogP contribution < -0.4 is 5.73 Å². The monoisotopic (exact) mass is 311 g/mol. The molecule has 2 rings (SSSR count). The average molecular weight is 312 g/mol. The second-order valence-corrected chi connectivity index (χ2v) is 5.09. The fourth-order valence-electron chi connectivity index (χ4n) is 2.13. The lowest BCUT2D eigenvalue weighted by Crippen LogP contribution is -2.14. The first-order valence-corrected chi connectivity index (χ1v) is 6.92. The number of halogens is 1. The molecule has 2 N–H and O–H groups in total. The zero-order valence-corrected chi connectivity index (χ0v) is 13.2. The summed E-state index contributed by atoms with van der Waals surface area (Å²) < 4.78 is 8.43. The molecular formula is C13H18ClN5O2. The van der Waals surface area contributed by atoms with Crippen LogP contribution in [0.2, 0.25) is 5.02 Å². The number of ether oxygens (including phenoxy) is 1. The molecule has 0 aliphatic carbocycles. The Morgan fingerprint density at radius 1 is 1.33 bits per heavy atom. The van der Waals surface area contributed by atoms with Crippen molar-refractivity contribution in [2.75, 3.05) is 5.73 Å². The van der Waals surface area contributed by atoms with Gasteiger partial charge in [-0.25, -0.2) is 4.79 Å². The van der Waals surface area contributed by atoms with Crippen molar-refractivity contribution < 1.29 is 9.53 Å². The number of nitrogens with zero attached hydrogens (tertiary/aromatic N) is 4. The number of hydrogen-bond acceptors (Lipinski definition) is 5. The normalized spacial score (nSPS) is 10.9. The quantitative estimate of drug-likeness (QED) is 0.870. The molecule has 0 spiro atoms. The molecule has 0 fully saturated rings. The van der Waals surface area contributed by atoms with Crippen molar-refractivity contribution in [3.05, 3.63) is 27.8 Å². The van der Waals surface area contributed by atoms with E-state index in [2.05, 4.69) is 10.2 Å². The van der Waals surface area contributed by atoms with Crippen LogP contribution in [0.15, 0.2) is 0 Å². The topological polar surface area (TPSA) is 88.0 Å². The number of rotatable bonds is 4. The van der Waals surface area contributed by atoms with Crippen LogP contribution in [-0.4, -0.2) is 25.5 Å². The SMILES string of the molecule is CCn1nc(C)c(Cl)c1COC(=O)c1c(N)c(C)nn1C. The number of carbonyl (C=O) groups excluding carboxylic acids is 1. The maximum Gasteiger partial charge on any atom is 0.359 e. The van der Waals surface area contributed by atoms with Gasteiger partial charge in [0.25, 0.3) is 0 Å². The molecule has 0 aromatic carbocycles. The van der Waals surface area contributed by atoms with E-state index in [1.165, 1.54) is 4.68 Å². The highest BCUT2D eigenvalue weighted by Gasteiger charge is 2.21. The van der Waals surface area contributed by atoms with Crippen molar-refractivity contribution in [2.45, 2.75) is 33.9 Å². The highest BCUT2D eigenvalue weighted by Crippen LogP contribution is 2.22. The van der Waals surface area contributed by atoms with E-state index in [0.717, 1.165) is 0 Å². The van der Waals surface area contributed by atoms with E-state index in [9.17, 15) is 4.79 Å². The zero-order valence-electron chi connectivity index (χ0n) is 12.5. The summed E-state index contributed by atoms with van der Waals surface area (Å²) in [6.45, 7) is 6.17. The van der Waals surface area contributed by atoms with Gasteiger partial charge in [-0.1, -0.05) is 11.6 Å². The number of anilines is 1. The summed E-state index contributed by atoms with van der Waals surface area (Å²) in [4.78, 5) is 12.2. The van der Waals surface area contributed by atoms with E-state index in [0.29, 0.717) is 34.3 Å². The molecule has 0 atom stereocenters. The van der Waals surface area contributed by atoms with E-state index in [1.807, 2.05) is 13.8 Å². The number of nitrogen functional groups attached to an aromatic ring is 1. The van der Waals surface area contributed by atoms with Crippen LogP contribution in [-0.2, 0) is 24.9 Å². The van der Waals surface area contributed by atoms with Crippen molar-refractivity contribution >= 4 is 23.3 Å². The van der Waals surface area contributed by atoms with Crippen LogP contribution in [0.5, 0.6) is 0 Å². The summed E-state index contributed by atoms with van der Waals surface area (Å²) in [6, 6.07) is 0. The minimum Gasteiger partial charge on any atom is -0.454 e. The first-order valence-electron chi connectivity index (χ1n) is 6.54. The van der Waals surface area contributed by atoms with Crippen LogP contribution in [0.4, 0.5) is 5.69 Å². The number of aryl methyl sites for hydroxylation is 4. The highest BCUT2D eigenvalue weighted by molar-refractivity contribution is 6.31. The first-order chi connectivity index (χ1) is 9.86. The van der Waals surface area contributed by atoms with Crippen molar-refractivity contribution in [2.24, 2.45) is 7.05 Å². The average Bonchev–Trinajstić information content (AvgIpc) is 2.85. The molecular weight excluding hydrogens is 294 g/mol. The molecule has 21 heavy (non-hydrogen) atoms. The van der Waals surface area contributed by atoms with Gasteiger partial charge in [0, 0.05) is 13.6 Å². The Morgan fingerprint density at radius 3 is 2.52 bits per heavy atom. The number of carbonyl (C=O) groups is 1. The Kier molecular flexibility index (Phi) is 4.22. The highest BCUT2D eigenvalue weighted by atomic mass is 35.5. The van der Waals surface area contributed by atoms with Crippen molar-refractivity contribution in [1.29, 1.82) is 0 Å². The van der Waals surface area contributed by atoms with Crippen molar-refractivity contribution in [1.82, 2.24) is 19.6 Å². The van der Waals surface area contributed by atoms with E-state index < -0.39 is 5.97 Å². The van der Waals surface area contributed by atoms with Crippen LogP contribution in [0, 0.1) is 13.8 Å². The molecule has 2 heterocycles. The lowest BCUT2D eigenvalue weighted by atomic mass is 10.3. The maximum absolute atomic E-state index is 12.2. The summed E-state index contributed by atoms with van der Waals surface area (Å²) in [5, 5.41) is 8.87. The molecule has 0 saturated heterocycles. The van der Waals surface area contributed by atoms with Crippen LogP contribution in [0.1, 0.15) is 34.5 Å². The van der Waals surface area contributed by atoms with Gasteiger partial charge in [0.2, 0.25) is 0 Å². The van der Waals surface area contributed by atoms with E-state index in [4.69, 9.17) is 22.1 Å². The van der Waals surface area contributed by atoms with Gasteiger partial charge in [-0.2, -0.15) is 10.2 Å². The fourth-order valence-corrected chi connectivity index (χ4v) is 2.32. The fraction of sp³-hybridized carbons (Fsp3) is 0.462. The predicted octanol–water partition coefficient (Wildman–Crippen LogP) is 1.85. The smallest absolute Gasteiger partial charge is 0.359 e. The van der Waals surface area contributed by atoms with Crippen LogP contribution in [0.3, 0.4) is 0 Å². The molecule has 0 aliphatic heterocycles. The predicted molar refractivity (Wildman–Crippen MR) is 79.1 cm³/mol. The van der Waals surface area contributed by atoms with E-state index >= 15 is 0 Å². The molecule has 0 amide bonds. The van der Waals surface area contributed by atoms with Gasteiger partial charge in [-0.05, 0) is 20.8 Å². The Bertz CT molecular complexity index is 689. The Balaban J connectivity index is 2.19. The molecule has 2 aromatic rings. The standard InChI is InChI=1S/C13H18ClN5O2/c1-5-19-9(10(14)7(2)17-19)6-21-13(20)12-11(15)8(3)16-18(12)4/h5-6,15H2,1-4H3. The number of nitrogens with two attached hydrogens (primary N) is 1. The molecule has 0 aliphatic rings. The van der Waals surface area contributed by atoms with E-state index in [-0.39, 0.29) is 12.3 Å². The van der Waals surface area contributed by atoms with Gasteiger partial charge in [0.1, 0.15) is 6.61 Å². The Hall–Kier alpha value is -2.02. The van der Waals surface area contributed by atoms with Gasteiger partial charge in [-0.15, -0.1) is 0 Å². The largest absolute Gasteiger partial charge is 0.454 e. The lowest BCUT2D eigenvalue weighted by Gasteiger charge is -2.08. The second kappa shape index (κ2) is 5.77. The van der Waals surface area contributed by atoms with Gasteiger partial charge in [-0.3, -0.25) is 9.36 Å². The second-order valence-electron chi connectivity index (χ2n) is 4.71. The number of aromatic nitrogens is 4. The third kappa shape index (κ3) is 2.73. The molecule has 0 radical (unpaired) electrons. The molecule has 114 valence electrons. The van der Waals surface area contributed by atoms with E-state index in [1.54, 1.807) is 18.7 Å². The minimum atomic E-state index is -0.534. The lowest BCUT2D eigenvalue weighted by molar-refractivity contribution is 0.0451. The van der Waals surface area contributed by atoms with Crippen molar-refractivity contribution in [3.8, 4) is 0 Å². The molecule has 8 heteroatoms. The molecule has 0 saturated carbocycles. The number of hydrogen-bond donors (Lipinski definition) is 1. The maximum atomic E-state index is 12.2. The van der Waals surface area contributed by atoms with Crippen LogP contribution >= 0.6 is 11.6 Å². The Morgan fingerprint density at radius 2 is 2.00 bits per heavy atom. The summed E-state index contributed by atoms with van der Waals surface area (Å²) in [6.07, 6.45) is 0. The molecule has 7 nitrogen and oxygen atoms in total. The van der Waals surface area contributed by atoms with Gasteiger partial charge < -0.3 is 10.5 Å². The zero-order chi connectivity index (χ0) is 15.7. The molecule has 0 unspecified atom stereocenters. The Labute approximate surface area is 127 Å². The third-order valence-corrected chi connectivity index (χ3v) is 3.75. The summed E-state index contributed by atoms with van der Waals surface area (Å²) >= 11 is 6.17. The van der Waals surface area contributed by atoms with Crippen LogP contribution in [0.25, 0.3) is 0 Å². The number of esters is 1.